The molecular weight excluding hydrogens is 1620 g/mol. The lowest BCUT2D eigenvalue weighted by Crippen LogP contribution is -2.63. The van der Waals surface area contributed by atoms with Crippen molar-refractivity contribution < 1.29 is 107 Å². The topological polar surface area (TPSA) is 416 Å². The van der Waals surface area contributed by atoms with Crippen molar-refractivity contribution in [2.45, 2.75) is 304 Å². The van der Waals surface area contributed by atoms with E-state index >= 15 is 28.8 Å². The Kier molecular flexibility index (Phi) is 34.3. The lowest BCUT2D eigenvalue weighted by molar-refractivity contribution is -0.318. The number of aliphatic hydroxyl groups excluding tert-OH is 3. The van der Waals surface area contributed by atoms with Gasteiger partial charge in [-0.15, -0.1) is 0 Å². The first kappa shape index (κ1) is 99.1. The molecule has 9 saturated heterocycles. The minimum absolute atomic E-state index is 0.00253. The van der Waals surface area contributed by atoms with E-state index in [4.69, 9.17) is 33.2 Å². The second kappa shape index (κ2) is 42.9. The van der Waals surface area contributed by atoms with E-state index in [1.54, 1.807) is 97.5 Å². The zero-order chi connectivity index (χ0) is 90.9. The molecule has 28 atom stereocenters. The number of cyclic esters (lactones) is 2. The molecule has 11 rings (SSSR count). The standard InChI is InChI=1S/C90H141N11O22S/c1-19-61-82(110)100-38-24-27-62(100)83(111)98(17)65(42-56-28-30-60(31-29-56)96(13)14)84(112)101-46-59(48-124-67-47-99-39-34-57(67)35-40-99)66(102)43-64(101)80(108)95-74(58-25-22-21-23-26-58)86(114)120-54(8)73(81(109)93-61)94-70(104)33-32-69(103)91-36-37-92-72-49(3)44-88(10,115)79(123-87-75(105)63(97(15)16)41-50(4)118-87)52(6)76(122-71-45-89(11,117-18)78(107)55(9)119-71)53(7)85(113)121-68(20-2)90(12,116)77(106)51(72)5/h21-23,25-26,28-31,49-55,57,59,61-65,67-68,71-79,87,92,105-107,115-116H,19-20,24,27,32-48H2,1-18H3,(H,91,103)(H,93,109)(H,94,104)(H,95,108)/t49-,50?,51+,52?,53-,54-,55?,59+,61?,62+,63?,64+,65+,67-,68-,71?,72+,73+,74+,75?,76+,77-,78?,79-,87?,88-,89?,90-/m1/s1. The minimum Gasteiger partial charge on any atom is -0.459 e. The van der Waals surface area contributed by atoms with Crippen LogP contribution in [0.4, 0.5) is 5.69 Å². The first-order valence-corrected chi connectivity index (χ1v) is 45.8. The molecular formula is C90H141N11O22S. The number of carbonyl (C=O) groups is 10. The van der Waals surface area contributed by atoms with Crippen LogP contribution in [-0.2, 0) is 87.5 Å². The van der Waals surface area contributed by atoms with Crippen LogP contribution in [0.2, 0.25) is 0 Å². The average Bonchev–Trinajstić information content (AvgIpc) is 0.880. The maximum Gasteiger partial charge on any atom is 0.333 e. The fraction of sp³-hybridized carbons (Fsp3) is 0.756. The van der Waals surface area contributed by atoms with Gasteiger partial charge in [0.2, 0.25) is 41.4 Å². The number of ether oxygens (including phenoxy) is 7. The fourth-order valence-electron chi connectivity index (χ4n) is 20.0. The van der Waals surface area contributed by atoms with Gasteiger partial charge in [0.25, 0.3) is 0 Å². The lowest BCUT2D eigenvalue weighted by atomic mass is 9.72. The number of amides is 7. The number of methoxy groups -OCH3 is 1. The molecule has 9 aliphatic rings. The molecule has 9 heterocycles. The normalized spacial score (nSPS) is 38.5. The zero-order valence-corrected chi connectivity index (χ0v) is 76.6. The number of esters is 2. The SMILES string of the molecule is CCC1NC(=O)[C@@H](NC(=O)CCC(=O)NCCN[C@@H]2[C@H](C)[C@@H](O)[C@](C)(O)[C@@H](CC)OC(=O)[C@H](C)[C@@H](OC3CC(C)(OC)C(O)C(C)O3)C(C)[C@@H](OC3OC(C)CC(N(C)C)C3O)[C@](C)(O)C[C@H]2C)[C@@H](C)OC(=O)[C@H](c2ccccc2)NC(=O)[C@@H]2CC(=O)[C@H](CS[C@@H]3CN4CCC3CC4)CN2C(=O)[C@H](Cc2ccc(N(C)C)cc2)N(C)C(=O)[C@@H]2CCCN2C1=O. The van der Waals surface area contributed by atoms with Crippen molar-refractivity contribution in [3.8, 4) is 0 Å². The summed E-state index contributed by atoms with van der Waals surface area (Å²) in [5, 5.41) is 76.4. The van der Waals surface area contributed by atoms with Crippen molar-refractivity contribution in [2.24, 2.45) is 35.5 Å². The van der Waals surface area contributed by atoms with E-state index in [1.165, 1.54) is 42.7 Å². The van der Waals surface area contributed by atoms with Gasteiger partial charge in [0.1, 0.15) is 66.0 Å². The van der Waals surface area contributed by atoms with Gasteiger partial charge in [-0.1, -0.05) is 77.1 Å². The number of ketones is 1. The van der Waals surface area contributed by atoms with Crippen molar-refractivity contribution in [1.82, 2.24) is 51.1 Å². The number of benzene rings is 2. The Balaban J connectivity index is 0.886. The molecule has 2 aromatic rings. The fourth-order valence-corrected chi connectivity index (χ4v) is 21.6. The molecule has 7 amide bonds. The molecule has 0 radical (unpaired) electrons. The number of piperidine rings is 4. The Bertz CT molecular complexity index is 3970. The highest BCUT2D eigenvalue weighted by atomic mass is 32.2. The van der Waals surface area contributed by atoms with E-state index in [0.717, 1.165) is 38.2 Å². The molecule has 124 heavy (non-hydrogen) atoms. The van der Waals surface area contributed by atoms with E-state index in [9.17, 15) is 44.7 Å². The van der Waals surface area contributed by atoms with E-state index in [1.807, 2.05) is 76.1 Å². The van der Waals surface area contributed by atoms with Gasteiger partial charge in [0.05, 0.1) is 47.6 Å². The highest BCUT2D eigenvalue weighted by molar-refractivity contribution is 8.00. The maximum absolute atomic E-state index is 16.0. The predicted octanol–water partition coefficient (Wildman–Crippen LogP) is 2.99. The first-order chi connectivity index (χ1) is 58.5. The quantitative estimate of drug-likeness (QED) is 0.0564. The van der Waals surface area contributed by atoms with Crippen molar-refractivity contribution in [1.29, 1.82) is 0 Å². The molecule has 0 aliphatic carbocycles. The van der Waals surface area contributed by atoms with E-state index in [0.29, 0.717) is 30.1 Å². The highest BCUT2D eigenvalue weighted by Crippen LogP contribution is 2.44. The number of likely N-dealkylation sites (N-methyl/N-ethyl adjacent to an activating group) is 2. The van der Waals surface area contributed by atoms with Crippen molar-refractivity contribution in [3.05, 3.63) is 65.7 Å². The average molecular weight is 1760 g/mol. The number of nitrogens with zero attached hydrogens (tertiary/aromatic N) is 6. The van der Waals surface area contributed by atoms with Gasteiger partial charge in [0.15, 0.2) is 18.6 Å². The van der Waals surface area contributed by atoms with Gasteiger partial charge in [0, 0.05) is 140 Å². The number of Topliss-reactive ketones (excluding diaryl/α,β-unsaturated/α-hetero) is 1. The number of anilines is 1. The van der Waals surface area contributed by atoms with Crippen molar-refractivity contribution in [3.63, 3.8) is 0 Å². The Labute approximate surface area is 735 Å². The molecule has 0 aromatic heterocycles. The molecule has 2 aromatic carbocycles. The molecule has 9 aliphatic heterocycles. The van der Waals surface area contributed by atoms with Crippen LogP contribution in [0.15, 0.2) is 54.6 Å². The summed E-state index contributed by atoms with van der Waals surface area (Å²) in [6.45, 7) is 22.5. The molecule has 694 valence electrons. The van der Waals surface area contributed by atoms with Gasteiger partial charge >= 0.3 is 11.9 Å². The zero-order valence-electron chi connectivity index (χ0n) is 75.8. The number of hydrogen-bond acceptors (Lipinski definition) is 27. The number of thioether (sulfide) groups is 1. The molecule has 0 saturated carbocycles. The Morgan fingerprint density at radius 3 is 2.02 bits per heavy atom. The van der Waals surface area contributed by atoms with Crippen LogP contribution in [0.25, 0.3) is 0 Å². The van der Waals surface area contributed by atoms with Gasteiger partial charge < -0.3 is 115 Å². The highest BCUT2D eigenvalue weighted by Gasteiger charge is 2.56. The number of nitrogens with one attached hydrogen (secondary N) is 5. The molecule has 10 unspecified atom stereocenters. The third kappa shape index (κ3) is 23.3. The number of hydrogen-bond donors (Lipinski definition) is 10. The van der Waals surface area contributed by atoms with Crippen LogP contribution in [0, 0.1) is 35.5 Å². The molecule has 0 spiro atoms. The predicted molar refractivity (Wildman–Crippen MR) is 462 cm³/mol. The molecule has 10 N–H and O–H groups in total. The van der Waals surface area contributed by atoms with Gasteiger partial charge in [-0.2, -0.15) is 11.8 Å². The minimum atomic E-state index is -2.10. The second-order valence-corrected chi connectivity index (χ2v) is 38.6. The van der Waals surface area contributed by atoms with Crippen LogP contribution in [0.3, 0.4) is 0 Å². The summed E-state index contributed by atoms with van der Waals surface area (Å²) < 4.78 is 44.6. The van der Waals surface area contributed by atoms with Crippen LogP contribution < -0.4 is 31.5 Å². The van der Waals surface area contributed by atoms with Crippen LogP contribution in [-0.4, -0.2) is 335 Å². The Morgan fingerprint density at radius 2 is 1.39 bits per heavy atom. The summed E-state index contributed by atoms with van der Waals surface area (Å²) in [5.41, 5.74) is -3.38. The Morgan fingerprint density at radius 1 is 0.710 bits per heavy atom. The summed E-state index contributed by atoms with van der Waals surface area (Å²) in [5.74, 6) is -10.8. The Hall–Kier alpha value is -7.03. The monoisotopic (exact) mass is 1760 g/mol. The van der Waals surface area contributed by atoms with Gasteiger partial charge in [-0.3, -0.25) is 43.2 Å². The smallest absolute Gasteiger partial charge is 0.333 e. The number of rotatable bonds is 23. The molecule has 2 bridgehead atoms. The van der Waals surface area contributed by atoms with Crippen LogP contribution in [0.5, 0.6) is 0 Å². The number of fused-ring (bicyclic) bond motifs is 5. The third-order valence-electron chi connectivity index (χ3n) is 27.7. The molecule has 9 fully saturated rings. The number of carbonyl (C=O) groups excluding carboxylic acids is 10. The largest absolute Gasteiger partial charge is 0.459 e. The third-order valence-corrected chi connectivity index (χ3v) is 29.3. The molecule has 33 nitrogen and oxygen atoms in total. The van der Waals surface area contributed by atoms with E-state index in [2.05, 4.69) is 31.5 Å². The molecule has 34 heteroatoms. The van der Waals surface area contributed by atoms with E-state index < -0.39 is 235 Å². The summed E-state index contributed by atoms with van der Waals surface area (Å²) >= 11 is 1.71. The maximum atomic E-state index is 16.0. The summed E-state index contributed by atoms with van der Waals surface area (Å²) in [4.78, 5) is 161. The van der Waals surface area contributed by atoms with Crippen molar-refractivity contribution >= 4 is 76.5 Å². The van der Waals surface area contributed by atoms with Crippen LogP contribution >= 0.6 is 11.8 Å². The number of aliphatic hydroxyl groups is 5. The lowest BCUT2D eigenvalue weighted by Gasteiger charge is -2.49. The second-order valence-electron chi connectivity index (χ2n) is 37.4. The van der Waals surface area contributed by atoms with Gasteiger partial charge in [-0.05, 0) is 162 Å². The van der Waals surface area contributed by atoms with Crippen molar-refractivity contribution in [2.75, 3.05) is 98.8 Å². The summed E-state index contributed by atoms with van der Waals surface area (Å²) in [6.07, 6.45) is -11.2. The summed E-state index contributed by atoms with van der Waals surface area (Å²) in [6, 6.07) is 5.70. The first-order valence-electron chi connectivity index (χ1n) is 44.7. The summed E-state index contributed by atoms with van der Waals surface area (Å²) in [7, 11) is 10.4. The van der Waals surface area contributed by atoms with Crippen LogP contribution in [0.1, 0.15) is 177 Å². The van der Waals surface area contributed by atoms with Gasteiger partial charge in [-0.25, -0.2) is 4.79 Å². The van der Waals surface area contributed by atoms with E-state index in [-0.39, 0.29) is 81.3 Å².